The van der Waals surface area contributed by atoms with Crippen molar-refractivity contribution in [1.82, 2.24) is 9.88 Å². The smallest absolute Gasteiger partial charge is 0.326 e. The maximum absolute atomic E-state index is 12.7. The summed E-state index contributed by atoms with van der Waals surface area (Å²) in [5.74, 6) is -1.38. The molecule has 3 rings (SSSR count). The molecule has 0 radical (unpaired) electrons. The van der Waals surface area contributed by atoms with Gasteiger partial charge in [-0.2, -0.15) is 0 Å². The molecule has 1 fully saturated rings. The quantitative estimate of drug-likeness (QED) is 0.838. The number of hydrogen-bond donors (Lipinski definition) is 1. The summed E-state index contributed by atoms with van der Waals surface area (Å²) in [7, 11) is 0. The van der Waals surface area contributed by atoms with Crippen molar-refractivity contribution in [3.05, 3.63) is 39.3 Å². The number of amides is 1. The predicted octanol–water partition coefficient (Wildman–Crippen LogP) is 4.19. The van der Waals surface area contributed by atoms with Crippen molar-refractivity contribution in [2.24, 2.45) is 0 Å². The second kappa shape index (κ2) is 6.70. The van der Waals surface area contributed by atoms with E-state index in [4.69, 9.17) is 23.2 Å². The second-order valence-electron chi connectivity index (χ2n) is 5.62. The third kappa shape index (κ3) is 3.41. The maximum Gasteiger partial charge on any atom is 0.326 e. The number of aromatic nitrogens is 1. The number of benzene rings is 1. The number of aliphatic carboxylic acids is 1. The normalized spacial score (nSPS) is 15.1. The molecule has 2 aromatic rings. The lowest BCUT2D eigenvalue weighted by molar-refractivity contribution is -0.141. The first-order chi connectivity index (χ1) is 11.4. The zero-order chi connectivity index (χ0) is 17.4. The van der Waals surface area contributed by atoms with Gasteiger partial charge in [0.25, 0.3) is 5.91 Å². The first-order valence-electron chi connectivity index (χ1n) is 7.35. The van der Waals surface area contributed by atoms with E-state index in [2.05, 4.69) is 4.98 Å². The van der Waals surface area contributed by atoms with E-state index >= 15 is 0 Å². The minimum absolute atomic E-state index is 0.0205. The Kier molecular flexibility index (Phi) is 4.80. The Bertz CT molecular complexity index is 804. The zero-order valence-electron chi connectivity index (χ0n) is 12.7. The van der Waals surface area contributed by atoms with Gasteiger partial charge in [0.05, 0.1) is 5.02 Å². The third-order valence-electron chi connectivity index (χ3n) is 3.83. The fourth-order valence-corrected chi connectivity index (χ4v) is 3.81. The van der Waals surface area contributed by atoms with E-state index in [1.54, 1.807) is 23.6 Å². The Morgan fingerprint density at radius 1 is 1.38 bits per heavy atom. The molecule has 24 heavy (non-hydrogen) atoms. The van der Waals surface area contributed by atoms with E-state index in [-0.39, 0.29) is 17.6 Å². The molecule has 1 unspecified atom stereocenters. The number of carboxylic acid groups (broad SMARTS) is 1. The average molecular weight is 385 g/mol. The highest BCUT2D eigenvalue weighted by atomic mass is 35.5. The molecular formula is C16H14Cl2N2O3S. The van der Waals surface area contributed by atoms with E-state index < -0.39 is 12.0 Å². The standard InChI is InChI=1S/C16H14Cl2N2O3S/c1-8(16(22)23)20(10-3-4-10)15(21)13-7-24-14(19-13)11-5-2-9(17)6-12(11)18/h2,5-8,10H,3-4H2,1H3,(H,22,23). The predicted molar refractivity (Wildman–Crippen MR) is 93.9 cm³/mol. The largest absolute Gasteiger partial charge is 0.480 e. The fourth-order valence-electron chi connectivity index (χ4n) is 2.42. The van der Waals surface area contributed by atoms with Gasteiger partial charge in [-0.15, -0.1) is 11.3 Å². The molecule has 1 saturated carbocycles. The van der Waals surface area contributed by atoms with Gasteiger partial charge in [-0.25, -0.2) is 9.78 Å². The minimum atomic E-state index is -1.02. The summed E-state index contributed by atoms with van der Waals surface area (Å²) in [5, 5.41) is 12.4. The molecule has 0 spiro atoms. The Balaban J connectivity index is 1.89. The number of nitrogens with zero attached hydrogens (tertiary/aromatic N) is 2. The zero-order valence-corrected chi connectivity index (χ0v) is 15.0. The molecule has 0 saturated heterocycles. The van der Waals surface area contributed by atoms with Crippen LogP contribution in [0.5, 0.6) is 0 Å². The van der Waals surface area contributed by atoms with Gasteiger partial charge in [0.15, 0.2) is 0 Å². The van der Waals surface area contributed by atoms with Crippen molar-refractivity contribution in [3.8, 4) is 10.6 Å². The SMILES string of the molecule is CC(C(=O)O)N(C(=O)c1csc(-c2ccc(Cl)cc2Cl)n1)C1CC1. The van der Waals surface area contributed by atoms with Crippen LogP contribution >= 0.6 is 34.5 Å². The Labute approximate surface area is 152 Å². The number of rotatable bonds is 5. The van der Waals surface area contributed by atoms with Crippen LogP contribution in [0.2, 0.25) is 10.0 Å². The monoisotopic (exact) mass is 384 g/mol. The summed E-state index contributed by atoms with van der Waals surface area (Å²) in [4.78, 5) is 29.7. The van der Waals surface area contributed by atoms with E-state index in [0.717, 1.165) is 12.8 Å². The molecular weight excluding hydrogens is 371 g/mol. The summed E-state index contributed by atoms with van der Waals surface area (Å²) >= 11 is 13.4. The van der Waals surface area contributed by atoms with Crippen LogP contribution in [0, 0.1) is 0 Å². The molecule has 126 valence electrons. The maximum atomic E-state index is 12.7. The number of carboxylic acids is 1. The van der Waals surface area contributed by atoms with Crippen LogP contribution in [0.4, 0.5) is 0 Å². The van der Waals surface area contributed by atoms with Gasteiger partial charge in [0.2, 0.25) is 0 Å². The molecule has 1 aromatic carbocycles. The van der Waals surface area contributed by atoms with Crippen LogP contribution in [0.15, 0.2) is 23.6 Å². The van der Waals surface area contributed by atoms with Gasteiger partial charge >= 0.3 is 5.97 Å². The molecule has 1 heterocycles. The molecule has 1 atom stereocenters. The molecule has 0 aliphatic heterocycles. The van der Waals surface area contributed by atoms with Crippen molar-refractivity contribution in [2.45, 2.75) is 31.8 Å². The Morgan fingerprint density at radius 3 is 2.67 bits per heavy atom. The summed E-state index contributed by atoms with van der Waals surface area (Å²) in [6.45, 7) is 1.52. The Morgan fingerprint density at radius 2 is 2.08 bits per heavy atom. The molecule has 5 nitrogen and oxygen atoms in total. The lowest BCUT2D eigenvalue weighted by atomic mass is 10.2. The fraction of sp³-hybridized carbons (Fsp3) is 0.312. The molecule has 1 aliphatic carbocycles. The number of carbonyl (C=O) groups is 2. The van der Waals surface area contributed by atoms with Gasteiger partial charge < -0.3 is 10.0 Å². The number of thiazole rings is 1. The minimum Gasteiger partial charge on any atom is -0.480 e. The summed E-state index contributed by atoms with van der Waals surface area (Å²) in [6, 6.07) is 4.16. The van der Waals surface area contributed by atoms with Crippen molar-refractivity contribution < 1.29 is 14.7 Å². The first-order valence-corrected chi connectivity index (χ1v) is 8.98. The van der Waals surface area contributed by atoms with Crippen LogP contribution < -0.4 is 0 Å². The lowest BCUT2D eigenvalue weighted by Gasteiger charge is -2.25. The van der Waals surface area contributed by atoms with Gasteiger partial charge in [-0.05, 0) is 38.0 Å². The van der Waals surface area contributed by atoms with Crippen LogP contribution in [-0.4, -0.2) is 39.0 Å². The summed E-state index contributed by atoms with van der Waals surface area (Å²) < 4.78 is 0. The van der Waals surface area contributed by atoms with Crippen LogP contribution in [-0.2, 0) is 4.79 Å². The van der Waals surface area contributed by atoms with Gasteiger partial charge in [-0.1, -0.05) is 23.2 Å². The van der Waals surface area contributed by atoms with Gasteiger partial charge in [0, 0.05) is 22.0 Å². The van der Waals surface area contributed by atoms with Crippen LogP contribution in [0.3, 0.4) is 0 Å². The van der Waals surface area contributed by atoms with Crippen molar-refractivity contribution in [1.29, 1.82) is 0 Å². The summed E-state index contributed by atoms with van der Waals surface area (Å²) in [6.07, 6.45) is 1.65. The van der Waals surface area contributed by atoms with E-state index in [9.17, 15) is 14.7 Å². The summed E-state index contributed by atoms with van der Waals surface area (Å²) in [5.41, 5.74) is 0.926. The van der Waals surface area contributed by atoms with E-state index in [0.29, 0.717) is 20.6 Å². The molecule has 0 bridgehead atoms. The topological polar surface area (TPSA) is 70.5 Å². The number of hydrogen-bond acceptors (Lipinski definition) is 4. The molecule has 1 N–H and O–H groups in total. The lowest BCUT2D eigenvalue weighted by Crippen LogP contribution is -2.44. The van der Waals surface area contributed by atoms with Crippen molar-refractivity contribution in [2.75, 3.05) is 0 Å². The van der Waals surface area contributed by atoms with Crippen molar-refractivity contribution in [3.63, 3.8) is 0 Å². The van der Waals surface area contributed by atoms with E-state index in [1.165, 1.54) is 23.2 Å². The highest BCUT2D eigenvalue weighted by Crippen LogP contribution is 2.34. The van der Waals surface area contributed by atoms with Gasteiger partial charge in [-0.3, -0.25) is 4.79 Å². The van der Waals surface area contributed by atoms with E-state index in [1.807, 2.05) is 0 Å². The Hall–Kier alpha value is -1.63. The average Bonchev–Trinajstić information content (AvgIpc) is 3.23. The van der Waals surface area contributed by atoms with Crippen LogP contribution in [0.25, 0.3) is 10.6 Å². The molecule has 8 heteroatoms. The number of carbonyl (C=O) groups excluding carboxylic acids is 1. The molecule has 1 amide bonds. The van der Waals surface area contributed by atoms with Crippen LogP contribution in [0.1, 0.15) is 30.3 Å². The second-order valence-corrected chi connectivity index (χ2v) is 7.32. The molecule has 1 aliphatic rings. The highest BCUT2D eigenvalue weighted by Gasteiger charge is 2.39. The van der Waals surface area contributed by atoms with Crippen molar-refractivity contribution >= 4 is 46.4 Å². The first kappa shape index (κ1) is 17.2. The third-order valence-corrected chi connectivity index (χ3v) is 5.26. The number of halogens is 2. The highest BCUT2D eigenvalue weighted by molar-refractivity contribution is 7.13. The van der Waals surface area contributed by atoms with Gasteiger partial charge in [0.1, 0.15) is 16.7 Å². The molecule has 1 aromatic heterocycles.